The van der Waals surface area contributed by atoms with Gasteiger partial charge in [0.25, 0.3) is 5.91 Å². The number of hydrogen-bond acceptors (Lipinski definition) is 3. The smallest absolute Gasteiger partial charge is 0.261 e. The van der Waals surface area contributed by atoms with Crippen LogP contribution in [0.3, 0.4) is 0 Å². The maximum absolute atomic E-state index is 13.3. The predicted octanol–water partition coefficient (Wildman–Crippen LogP) is 4.68. The van der Waals surface area contributed by atoms with Gasteiger partial charge in [0.05, 0.1) is 0 Å². The molecule has 1 aliphatic rings. The molecule has 2 aromatic rings. The van der Waals surface area contributed by atoms with Crippen LogP contribution in [-0.2, 0) is 16.1 Å². The minimum absolute atomic E-state index is 0.162. The number of hydrogen-bond donors (Lipinski definition) is 1. The van der Waals surface area contributed by atoms with Gasteiger partial charge in [-0.15, -0.1) is 0 Å². The number of carbonyl (C=O) groups is 2. The average molecular weight is 538 g/mol. The quantitative estimate of drug-likeness (QED) is 0.497. The summed E-state index contributed by atoms with van der Waals surface area (Å²) in [5.41, 5.74) is 0.751. The number of nitrogens with one attached hydrogen (secondary N) is 1. The van der Waals surface area contributed by atoms with Crippen LogP contribution in [0, 0.1) is 9.39 Å². The lowest BCUT2D eigenvalue weighted by molar-refractivity contribution is -0.142. The van der Waals surface area contributed by atoms with E-state index in [0.717, 1.165) is 34.8 Å². The Labute approximate surface area is 196 Å². The number of amides is 2. The van der Waals surface area contributed by atoms with Crippen LogP contribution in [0.25, 0.3) is 0 Å². The first-order chi connectivity index (χ1) is 14.9. The van der Waals surface area contributed by atoms with E-state index < -0.39 is 6.04 Å². The second-order valence-electron chi connectivity index (χ2n) is 7.91. The molecule has 7 heteroatoms. The maximum Gasteiger partial charge on any atom is 0.261 e. The van der Waals surface area contributed by atoms with Gasteiger partial charge in [0.2, 0.25) is 5.91 Å². The standard InChI is InChI=1S/C24H28FIN2O3/c1-17(24(30)27-21-5-3-2-4-6-21)28(15-18-7-9-19(25)10-8-18)23(29)16-31-22-13-11-20(26)12-14-22/h7-14,17,21H,2-6,15-16H2,1H3,(H,27,30)/t17-/m0/s1. The van der Waals surface area contributed by atoms with Gasteiger partial charge in [-0.25, -0.2) is 4.39 Å². The van der Waals surface area contributed by atoms with Gasteiger partial charge in [-0.3, -0.25) is 9.59 Å². The lowest BCUT2D eigenvalue weighted by Crippen LogP contribution is -2.51. The molecule has 0 saturated heterocycles. The number of ether oxygens (including phenoxy) is 1. The van der Waals surface area contributed by atoms with Gasteiger partial charge < -0.3 is 15.0 Å². The van der Waals surface area contributed by atoms with E-state index in [-0.39, 0.29) is 36.8 Å². The summed E-state index contributed by atoms with van der Waals surface area (Å²) in [7, 11) is 0. The Balaban J connectivity index is 1.69. The number of halogens is 2. The lowest BCUT2D eigenvalue weighted by Gasteiger charge is -2.31. The third-order valence-electron chi connectivity index (χ3n) is 5.56. The molecule has 0 spiro atoms. The van der Waals surface area contributed by atoms with Gasteiger partial charge >= 0.3 is 0 Å². The van der Waals surface area contributed by atoms with E-state index in [9.17, 15) is 14.0 Å². The van der Waals surface area contributed by atoms with E-state index >= 15 is 0 Å². The zero-order valence-electron chi connectivity index (χ0n) is 17.7. The summed E-state index contributed by atoms with van der Waals surface area (Å²) in [6, 6.07) is 12.9. The number of rotatable bonds is 8. The fourth-order valence-electron chi connectivity index (χ4n) is 3.70. The van der Waals surface area contributed by atoms with Crippen molar-refractivity contribution in [2.45, 2.75) is 57.7 Å². The highest BCUT2D eigenvalue weighted by atomic mass is 127. The number of benzene rings is 2. The Morgan fingerprint density at radius 3 is 2.39 bits per heavy atom. The Morgan fingerprint density at radius 2 is 1.74 bits per heavy atom. The van der Waals surface area contributed by atoms with Crippen LogP contribution < -0.4 is 10.1 Å². The first-order valence-corrected chi connectivity index (χ1v) is 11.7. The third kappa shape index (κ3) is 7.19. The summed E-state index contributed by atoms with van der Waals surface area (Å²) in [4.78, 5) is 27.4. The second-order valence-corrected chi connectivity index (χ2v) is 9.16. The van der Waals surface area contributed by atoms with Crippen molar-refractivity contribution in [3.05, 3.63) is 63.5 Å². The van der Waals surface area contributed by atoms with Crippen molar-refractivity contribution in [2.24, 2.45) is 0 Å². The molecule has 0 aliphatic heterocycles. The summed E-state index contributed by atoms with van der Waals surface area (Å²) in [6.07, 6.45) is 5.37. The molecular formula is C24H28FIN2O3. The van der Waals surface area contributed by atoms with E-state index in [2.05, 4.69) is 27.9 Å². The van der Waals surface area contributed by atoms with Crippen molar-refractivity contribution in [3.63, 3.8) is 0 Å². The zero-order valence-corrected chi connectivity index (χ0v) is 19.8. The van der Waals surface area contributed by atoms with Crippen LogP contribution >= 0.6 is 22.6 Å². The molecule has 0 unspecified atom stereocenters. The van der Waals surface area contributed by atoms with E-state index in [1.165, 1.54) is 23.5 Å². The molecule has 5 nitrogen and oxygen atoms in total. The molecule has 1 saturated carbocycles. The first-order valence-electron chi connectivity index (χ1n) is 10.6. The SMILES string of the molecule is C[C@@H](C(=O)NC1CCCCC1)N(Cc1ccc(F)cc1)C(=O)COc1ccc(I)cc1. The van der Waals surface area contributed by atoms with Gasteiger partial charge in [0.1, 0.15) is 17.6 Å². The largest absolute Gasteiger partial charge is 0.484 e. The second kappa shape index (κ2) is 11.5. The van der Waals surface area contributed by atoms with Gasteiger partial charge in [-0.1, -0.05) is 31.4 Å². The zero-order chi connectivity index (χ0) is 22.2. The molecule has 0 bridgehead atoms. The average Bonchev–Trinajstić information content (AvgIpc) is 2.78. The molecule has 0 aromatic heterocycles. The lowest BCUT2D eigenvalue weighted by atomic mass is 9.95. The summed E-state index contributed by atoms with van der Waals surface area (Å²) in [5.74, 6) is -0.215. The molecular weight excluding hydrogens is 510 g/mol. The molecule has 166 valence electrons. The third-order valence-corrected chi connectivity index (χ3v) is 6.28. The van der Waals surface area contributed by atoms with Crippen LogP contribution in [-0.4, -0.2) is 35.4 Å². The van der Waals surface area contributed by atoms with Crippen molar-refractivity contribution in [2.75, 3.05) is 6.61 Å². The molecule has 2 amide bonds. The highest BCUT2D eigenvalue weighted by molar-refractivity contribution is 14.1. The van der Waals surface area contributed by atoms with E-state index in [1.54, 1.807) is 31.2 Å². The van der Waals surface area contributed by atoms with Gasteiger partial charge in [0.15, 0.2) is 6.61 Å². The fourth-order valence-corrected chi connectivity index (χ4v) is 4.06. The molecule has 1 aliphatic carbocycles. The van der Waals surface area contributed by atoms with Crippen LogP contribution in [0.15, 0.2) is 48.5 Å². The molecule has 31 heavy (non-hydrogen) atoms. The normalized spacial score (nSPS) is 15.2. The van der Waals surface area contributed by atoms with Crippen LogP contribution in [0.5, 0.6) is 5.75 Å². The number of nitrogens with zero attached hydrogens (tertiary/aromatic N) is 1. The Morgan fingerprint density at radius 1 is 1.10 bits per heavy atom. The molecule has 1 fully saturated rings. The first kappa shape index (κ1) is 23.5. The van der Waals surface area contributed by atoms with Gasteiger partial charge in [0, 0.05) is 16.2 Å². The predicted molar refractivity (Wildman–Crippen MR) is 126 cm³/mol. The van der Waals surface area contributed by atoms with Gasteiger partial charge in [-0.2, -0.15) is 0 Å². The van der Waals surface area contributed by atoms with Crippen LogP contribution in [0.4, 0.5) is 4.39 Å². The molecule has 1 N–H and O–H groups in total. The van der Waals surface area contributed by atoms with Crippen molar-refractivity contribution in [1.82, 2.24) is 10.2 Å². The monoisotopic (exact) mass is 538 g/mol. The summed E-state index contributed by atoms with van der Waals surface area (Å²) in [5, 5.41) is 3.09. The van der Waals surface area contributed by atoms with E-state index in [0.29, 0.717) is 5.75 Å². The Kier molecular flexibility index (Phi) is 8.69. The minimum atomic E-state index is -0.667. The highest BCUT2D eigenvalue weighted by Gasteiger charge is 2.28. The van der Waals surface area contributed by atoms with E-state index in [4.69, 9.17) is 4.74 Å². The summed E-state index contributed by atoms with van der Waals surface area (Å²) in [6.45, 7) is 1.75. The molecule has 2 aromatic carbocycles. The highest BCUT2D eigenvalue weighted by Crippen LogP contribution is 2.19. The van der Waals surface area contributed by atoms with Crippen molar-refractivity contribution in [3.8, 4) is 5.75 Å². The summed E-state index contributed by atoms with van der Waals surface area (Å²) < 4.78 is 20.0. The Hall–Kier alpha value is -2.16. The summed E-state index contributed by atoms with van der Waals surface area (Å²) >= 11 is 2.20. The molecule has 0 heterocycles. The fraction of sp³-hybridized carbons (Fsp3) is 0.417. The van der Waals surface area contributed by atoms with Crippen LogP contribution in [0.2, 0.25) is 0 Å². The number of carbonyl (C=O) groups excluding carboxylic acids is 2. The van der Waals surface area contributed by atoms with Crippen molar-refractivity contribution in [1.29, 1.82) is 0 Å². The van der Waals surface area contributed by atoms with Gasteiger partial charge in [-0.05, 0) is 84.3 Å². The van der Waals surface area contributed by atoms with Crippen molar-refractivity contribution >= 4 is 34.4 Å². The molecule has 0 radical (unpaired) electrons. The Bertz CT molecular complexity index is 867. The van der Waals surface area contributed by atoms with Crippen LogP contribution in [0.1, 0.15) is 44.6 Å². The van der Waals surface area contributed by atoms with E-state index in [1.807, 2.05) is 12.1 Å². The maximum atomic E-state index is 13.3. The molecule has 1 atom stereocenters. The minimum Gasteiger partial charge on any atom is -0.484 e. The topological polar surface area (TPSA) is 58.6 Å². The molecule has 3 rings (SSSR count). The van der Waals surface area contributed by atoms with Crippen molar-refractivity contribution < 1.29 is 18.7 Å².